The van der Waals surface area contributed by atoms with Crippen LogP contribution in [0.3, 0.4) is 0 Å². The zero-order valence-electron chi connectivity index (χ0n) is 9.64. The smallest absolute Gasteiger partial charge is 0.264 e. The molecule has 5 heteroatoms. The van der Waals surface area contributed by atoms with Gasteiger partial charge in [-0.15, -0.1) is 6.58 Å². The molecule has 1 aromatic rings. The van der Waals surface area contributed by atoms with Crippen LogP contribution < -0.4 is 4.72 Å². The second kappa shape index (κ2) is 5.63. The average Bonchev–Trinajstić information content (AvgIpc) is 2.26. The van der Waals surface area contributed by atoms with Gasteiger partial charge in [0.25, 0.3) is 10.0 Å². The van der Waals surface area contributed by atoms with E-state index in [0.29, 0.717) is 12.0 Å². The molecule has 0 aliphatic carbocycles. The van der Waals surface area contributed by atoms with Crippen LogP contribution in [0.2, 0.25) is 0 Å². The number of hydrogen-bond donors (Lipinski definition) is 1. The molecule has 0 bridgehead atoms. The molecule has 0 atom stereocenters. The van der Waals surface area contributed by atoms with Crippen LogP contribution in [0.5, 0.6) is 0 Å². The lowest BCUT2D eigenvalue weighted by Crippen LogP contribution is -2.30. The Kier molecular flexibility index (Phi) is 4.45. The van der Waals surface area contributed by atoms with Gasteiger partial charge in [-0.3, -0.25) is 4.79 Å². The van der Waals surface area contributed by atoms with Crippen molar-refractivity contribution in [3.63, 3.8) is 0 Å². The van der Waals surface area contributed by atoms with Gasteiger partial charge in [0.1, 0.15) is 0 Å². The van der Waals surface area contributed by atoms with E-state index in [2.05, 4.69) is 6.58 Å². The number of nitrogens with one attached hydrogen (secondary N) is 1. The molecular formula is C12H15NO3S. The Labute approximate surface area is 101 Å². The maximum Gasteiger partial charge on any atom is 0.264 e. The summed E-state index contributed by atoms with van der Waals surface area (Å²) >= 11 is 0. The molecule has 0 saturated carbocycles. The Hall–Kier alpha value is -1.62. The fourth-order valence-corrected chi connectivity index (χ4v) is 2.61. The number of hydrogen-bond acceptors (Lipinski definition) is 3. The summed E-state index contributed by atoms with van der Waals surface area (Å²) in [6.45, 7) is 5.16. The number of rotatable bonds is 5. The van der Waals surface area contributed by atoms with Crippen LogP contribution in [0.15, 0.2) is 41.8 Å². The summed E-state index contributed by atoms with van der Waals surface area (Å²) in [6.07, 6.45) is 2.14. The monoisotopic (exact) mass is 253 g/mol. The molecule has 0 aromatic heterocycles. The third-order valence-electron chi connectivity index (χ3n) is 2.21. The van der Waals surface area contributed by atoms with E-state index >= 15 is 0 Å². The molecule has 0 aliphatic heterocycles. The zero-order valence-corrected chi connectivity index (χ0v) is 10.5. The molecule has 0 spiro atoms. The fourth-order valence-electron chi connectivity index (χ4n) is 1.35. The van der Waals surface area contributed by atoms with Crippen molar-refractivity contribution in [1.29, 1.82) is 0 Å². The van der Waals surface area contributed by atoms with Crippen molar-refractivity contribution in [2.75, 3.05) is 0 Å². The number of aryl methyl sites for hydroxylation is 1. The van der Waals surface area contributed by atoms with E-state index in [9.17, 15) is 13.2 Å². The summed E-state index contributed by atoms with van der Waals surface area (Å²) in [5, 5.41) is 0. The first-order valence-electron chi connectivity index (χ1n) is 5.19. The van der Waals surface area contributed by atoms with Crippen molar-refractivity contribution >= 4 is 15.9 Å². The van der Waals surface area contributed by atoms with Crippen molar-refractivity contribution in [2.24, 2.45) is 0 Å². The summed E-state index contributed by atoms with van der Waals surface area (Å²) in [4.78, 5) is 11.5. The largest absolute Gasteiger partial charge is 0.274 e. The molecule has 1 aromatic carbocycles. The Morgan fingerprint density at radius 1 is 1.41 bits per heavy atom. The van der Waals surface area contributed by atoms with Crippen LogP contribution in [0.1, 0.15) is 18.4 Å². The Bertz CT molecular complexity index is 520. The zero-order chi connectivity index (χ0) is 12.9. The van der Waals surface area contributed by atoms with Crippen molar-refractivity contribution in [1.82, 2.24) is 4.72 Å². The summed E-state index contributed by atoms with van der Waals surface area (Å²) in [6, 6.07) is 6.52. The topological polar surface area (TPSA) is 63.2 Å². The van der Waals surface area contributed by atoms with Gasteiger partial charge in [-0.1, -0.05) is 24.3 Å². The number of allylic oxidation sites excluding steroid dienone is 1. The van der Waals surface area contributed by atoms with Gasteiger partial charge in [-0.2, -0.15) is 0 Å². The van der Waals surface area contributed by atoms with Crippen LogP contribution >= 0.6 is 0 Å². The van der Waals surface area contributed by atoms with Gasteiger partial charge in [0.05, 0.1) is 4.90 Å². The van der Waals surface area contributed by atoms with Crippen LogP contribution in [0.25, 0.3) is 0 Å². The van der Waals surface area contributed by atoms with Crippen molar-refractivity contribution in [3.05, 3.63) is 42.5 Å². The minimum atomic E-state index is -3.75. The first kappa shape index (κ1) is 13.4. The molecular weight excluding hydrogens is 238 g/mol. The lowest BCUT2D eigenvalue weighted by molar-refractivity contribution is -0.119. The van der Waals surface area contributed by atoms with Gasteiger partial charge >= 0.3 is 0 Å². The van der Waals surface area contributed by atoms with E-state index in [-0.39, 0.29) is 11.3 Å². The standard InChI is InChI=1S/C12H15NO3S/c1-3-4-9-12(14)13-17(15,16)11-8-6-5-7-10(11)2/h3,5-8H,1,4,9H2,2H3,(H,13,14). The Balaban J connectivity index is 2.86. The second-order valence-electron chi connectivity index (χ2n) is 3.62. The average molecular weight is 253 g/mol. The van der Waals surface area contributed by atoms with Gasteiger partial charge in [0, 0.05) is 6.42 Å². The number of amides is 1. The quantitative estimate of drug-likeness (QED) is 0.813. The molecule has 0 heterocycles. The minimum Gasteiger partial charge on any atom is -0.274 e. The number of carbonyl (C=O) groups is 1. The minimum absolute atomic E-state index is 0.120. The number of carbonyl (C=O) groups excluding carboxylic acids is 1. The van der Waals surface area contributed by atoms with Crippen molar-refractivity contribution in [3.8, 4) is 0 Å². The first-order chi connectivity index (χ1) is 7.97. The lowest BCUT2D eigenvalue weighted by atomic mass is 10.2. The Morgan fingerprint density at radius 3 is 2.65 bits per heavy atom. The predicted octanol–water partition coefficient (Wildman–Crippen LogP) is 1.77. The van der Waals surface area contributed by atoms with Gasteiger partial charge in [0.15, 0.2) is 0 Å². The molecule has 0 radical (unpaired) electrons. The predicted molar refractivity (Wildman–Crippen MR) is 65.9 cm³/mol. The number of benzene rings is 1. The van der Waals surface area contributed by atoms with Gasteiger partial charge in [-0.25, -0.2) is 13.1 Å². The first-order valence-corrected chi connectivity index (χ1v) is 6.68. The van der Waals surface area contributed by atoms with Crippen LogP contribution in [0.4, 0.5) is 0 Å². The molecule has 17 heavy (non-hydrogen) atoms. The second-order valence-corrected chi connectivity index (χ2v) is 5.27. The maximum atomic E-state index is 11.9. The third kappa shape index (κ3) is 3.71. The summed E-state index contributed by atoms with van der Waals surface area (Å²) in [5.41, 5.74) is 0.608. The lowest BCUT2D eigenvalue weighted by Gasteiger charge is -2.08. The van der Waals surface area contributed by atoms with Gasteiger partial charge in [-0.05, 0) is 25.0 Å². The molecule has 1 N–H and O–H groups in total. The van der Waals surface area contributed by atoms with Gasteiger partial charge < -0.3 is 0 Å². The summed E-state index contributed by atoms with van der Waals surface area (Å²) < 4.78 is 25.8. The van der Waals surface area contributed by atoms with Crippen LogP contribution in [-0.2, 0) is 14.8 Å². The van der Waals surface area contributed by atoms with E-state index in [0.717, 1.165) is 0 Å². The van der Waals surface area contributed by atoms with E-state index in [4.69, 9.17) is 0 Å². The SMILES string of the molecule is C=CCCC(=O)NS(=O)(=O)c1ccccc1C. The summed E-state index contributed by atoms with van der Waals surface area (Å²) in [5.74, 6) is -0.520. The fraction of sp³-hybridized carbons (Fsp3) is 0.250. The summed E-state index contributed by atoms with van der Waals surface area (Å²) in [7, 11) is -3.75. The van der Waals surface area contributed by atoms with Crippen LogP contribution in [0, 0.1) is 6.92 Å². The van der Waals surface area contributed by atoms with E-state index < -0.39 is 15.9 Å². The highest BCUT2D eigenvalue weighted by Gasteiger charge is 2.18. The maximum absolute atomic E-state index is 11.9. The number of sulfonamides is 1. The molecule has 1 rings (SSSR count). The normalized spacial score (nSPS) is 10.9. The van der Waals surface area contributed by atoms with Crippen LogP contribution in [-0.4, -0.2) is 14.3 Å². The molecule has 4 nitrogen and oxygen atoms in total. The van der Waals surface area contributed by atoms with Crippen molar-refractivity contribution < 1.29 is 13.2 Å². The Morgan fingerprint density at radius 2 is 2.06 bits per heavy atom. The molecule has 0 saturated heterocycles. The third-order valence-corrected chi connectivity index (χ3v) is 3.74. The molecule has 0 fully saturated rings. The van der Waals surface area contributed by atoms with E-state index in [1.54, 1.807) is 31.2 Å². The highest BCUT2D eigenvalue weighted by atomic mass is 32.2. The molecule has 1 amide bonds. The molecule has 0 unspecified atom stereocenters. The molecule has 0 aliphatic rings. The van der Waals surface area contributed by atoms with Gasteiger partial charge in [0.2, 0.25) is 5.91 Å². The van der Waals surface area contributed by atoms with E-state index in [1.165, 1.54) is 6.07 Å². The van der Waals surface area contributed by atoms with E-state index in [1.807, 2.05) is 4.72 Å². The highest BCUT2D eigenvalue weighted by molar-refractivity contribution is 7.90. The van der Waals surface area contributed by atoms with Crippen molar-refractivity contribution in [2.45, 2.75) is 24.7 Å². The highest BCUT2D eigenvalue weighted by Crippen LogP contribution is 2.13. The molecule has 92 valence electrons.